The molecule has 1 aromatic heterocycles. The highest BCUT2D eigenvalue weighted by Crippen LogP contribution is 2.31. The van der Waals surface area contributed by atoms with Gasteiger partial charge in [0.1, 0.15) is 5.82 Å². The zero-order valence-electron chi connectivity index (χ0n) is 22.8. The van der Waals surface area contributed by atoms with E-state index >= 15 is 0 Å². The maximum Gasteiger partial charge on any atom is 0.261 e. The van der Waals surface area contributed by atoms with Crippen LogP contribution in [0.5, 0.6) is 0 Å². The lowest BCUT2D eigenvalue weighted by Gasteiger charge is -2.23. The van der Waals surface area contributed by atoms with Gasteiger partial charge in [-0.25, -0.2) is 4.39 Å². The molecule has 0 aliphatic carbocycles. The molecular weight excluding hydrogens is 507 g/mol. The zero-order chi connectivity index (χ0) is 28.4. The molecule has 0 fully saturated rings. The monoisotopic (exact) mass is 538 g/mol. The van der Waals surface area contributed by atoms with Crippen LogP contribution >= 0.6 is 0 Å². The molecule has 7 nitrogen and oxygen atoms in total. The summed E-state index contributed by atoms with van der Waals surface area (Å²) < 4.78 is 15.3. The number of halogens is 1. The van der Waals surface area contributed by atoms with Crippen molar-refractivity contribution in [3.05, 3.63) is 107 Å². The third-order valence-corrected chi connectivity index (χ3v) is 6.94. The van der Waals surface area contributed by atoms with Gasteiger partial charge < -0.3 is 5.32 Å². The van der Waals surface area contributed by atoms with E-state index < -0.39 is 11.4 Å². The van der Waals surface area contributed by atoms with Crippen LogP contribution in [0, 0.1) is 5.82 Å². The van der Waals surface area contributed by atoms with E-state index in [2.05, 4.69) is 22.5 Å². The Balaban J connectivity index is 1.31. The molecule has 8 heteroatoms. The summed E-state index contributed by atoms with van der Waals surface area (Å²) in [5.74, 6) is -1.48. The van der Waals surface area contributed by atoms with Crippen molar-refractivity contribution in [2.75, 3.05) is 11.9 Å². The molecule has 2 heterocycles. The van der Waals surface area contributed by atoms with Crippen molar-refractivity contribution in [2.45, 2.75) is 45.6 Å². The SMILES string of the molecule is CC(C)(C)n1ncc(C(=O)Nc2ccc3c(c2)C(=O)N(CCCCc2ccccc2)C3=O)c1-c1ccc(F)cc1. The van der Waals surface area contributed by atoms with Crippen molar-refractivity contribution in [3.63, 3.8) is 0 Å². The van der Waals surface area contributed by atoms with Crippen LogP contribution in [0.15, 0.2) is 79.0 Å². The van der Waals surface area contributed by atoms with Gasteiger partial charge >= 0.3 is 0 Å². The van der Waals surface area contributed by atoms with E-state index in [9.17, 15) is 18.8 Å². The van der Waals surface area contributed by atoms with Crippen molar-refractivity contribution >= 4 is 23.4 Å². The number of rotatable bonds is 8. The maximum absolute atomic E-state index is 13.6. The molecule has 4 aromatic rings. The topological polar surface area (TPSA) is 84.3 Å². The van der Waals surface area contributed by atoms with Gasteiger partial charge in [-0.2, -0.15) is 5.10 Å². The number of unbranched alkanes of at least 4 members (excludes halogenated alkanes) is 1. The highest BCUT2D eigenvalue weighted by atomic mass is 19.1. The largest absolute Gasteiger partial charge is 0.322 e. The number of amides is 3. The Labute approximate surface area is 232 Å². The van der Waals surface area contributed by atoms with Crippen LogP contribution in [0.25, 0.3) is 11.3 Å². The predicted molar refractivity (Wildman–Crippen MR) is 152 cm³/mol. The predicted octanol–water partition coefficient (Wildman–Crippen LogP) is 6.32. The van der Waals surface area contributed by atoms with Crippen molar-refractivity contribution in [3.8, 4) is 11.3 Å². The first-order valence-corrected chi connectivity index (χ1v) is 13.3. The highest BCUT2D eigenvalue weighted by Gasteiger charge is 2.35. The van der Waals surface area contributed by atoms with Crippen LogP contribution in [0.2, 0.25) is 0 Å². The molecule has 0 saturated carbocycles. The number of carbonyl (C=O) groups is 3. The van der Waals surface area contributed by atoms with Crippen molar-refractivity contribution in [2.24, 2.45) is 0 Å². The second-order valence-electron chi connectivity index (χ2n) is 10.9. The van der Waals surface area contributed by atoms with Crippen LogP contribution in [-0.4, -0.2) is 38.9 Å². The first-order valence-electron chi connectivity index (χ1n) is 13.3. The molecule has 0 unspecified atom stereocenters. The maximum atomic E-state index is 13.6. The average molecular weight is 539 g/mol. The van der Waals surface area contributed by atoms with E-state index in [0.29, 0.717) is 41.0 Å². The molecule has 3 aromatic carbocycles. The summed E-state index contributed by atoms with van der Waals surface area (Å²) in [5, 5.41) is 7.30. The number of fused-ring (bicyclic) bond motifs is 1. The summed E-state index contributed by atoms with van der Waals surface area (Å²) in [4.78, 5) is 40.7. The second kappa shape index (κ2) is 10.9. The Morgan fingerprint density at radius 1 is 0.900 bits per heavy atom. The molecule has 0 radical (unpaired) electrons. The molecule has 0 spiro atoms. The van der Waals surface area contributed by atoms with Crippen molar-refractivity contribution < 1.29 is 18.8 Å². The molecule has 204 valence electrons. The van der Waals surface area contributed by atoms with Crippen LogP contribution in [-0.2, 0) is 12.0 Å². The fourth-order valence-electron chi connectivity index (χ4n) is 4.92. The number of nitrogens with one attached hydrogen (secondary N) is 1. The Kier molecular flexibility index (Phi) is 7.34. The minimum atomic E-state index is -0.437. The van der Waals surface area contributed by atoms with Crippen LogP contribution in [0.3, 0.4) is 0 Å². The number of aryl methyl sites for hydroxylation is 1. The number of benzene rings is 3. The number of imide groups is 1. The molecule has 0 bridgehead atoms. The third kappa shape index (κ3) is 5.43. The highest BCUT2D eigenvalue weighted by molar-refractivity contribution is 6.22. The molecule has 40 heavy (non-hydrogen) atoms. The first kappa shape index (κ1) is 27.0. The fourth-order valence-corrected chi connectivity index (χ4v) is 4.92. The zero-order valence-corrected chi connectivity index (χ0v) is 22.8. The average Bonchev–Trinajstić information content (AvgIpc) is 3.48. The minimum absolute atomic E-state index is 0.273. The summed E-state index contributed by atoms with van der Waals surface area (Å²) in [6.45, 7) is 6.23. The number of nitrogens with zero attached hydrogens (tertiary/aromatic N) is 3. The Morgan fingerprint density at radius 3 is 2.30 bits per heavy atom. The summed E-state index contributed by atoms with van der Waals surface area (Å²) in [7, 11) is 0. The molecule has 3 amide bonds. The van der Waals surface area contributed by atoms with Crippen LogP contribution < -0.4 is 5.32 Å². The summed E-state index contributed by atoms with van der Waals surface area (Å²) in [6, 6.07) is 20.7. The van der Waals surface area contributed by atoms with Crippen molar-refractivity contribution in [1.29, 1.82) is 0 Å². The summed E-state index contributed by atoms with van der Waals surface area (Å²) >= 11 is 0. The van der Waals surface area contributed by atoms with E-state index in [-0.39, 0.29) is 23.2 Å². The van der Waals surface area contributed by atoms with E-state index in [1.54, 1.807) is 35.0 Å². The molecule has 1 aliphatic heterocycles. The van der Waals surface area contributed by atoms with Crippen LogP contribution in [0.1, 0.15) is 70.3 Å². The van der Waals surface area contributed by atoms with Crippen LogP contribution in [0.4, 0.5) is 10.1 Å². The standard InChI is InChI=1S/C32H31FN4O3/c1-32(2,3)37-28(22-12-14-23(33)15-13-22)27(20-34-37)29(38)35-24-16-17-25-26(19-24)31(40)36(30(25)39)18-8-7-11-21-9-5-4-6-10-21/h4-6,9-10,12-17,19-20H,7-8,11,18H2,1-3H3,(H,35,38). The summed E-state index contributed by atoms with van der Waals surface area (Å²) in [5.41, 5.74) is 3.30. The van der Waals surface area contributed by atoms with Gasteiger partial charge in [0.25, 0.3) is 17.7 Å². The normalized spacial score (nSPS) is 13.1. The number of hydrogen-bond donors (Lipinski definition) is 1. The second-order valence-corrected chi connectivity index (χ2v) is 10.9. The number of aromatic nitrogens is 2. The molecule has 1 aliphatic rings. The number of hydrogen-bond acceptors (Lipinski definition) is 4. The van der Waals surface area contributed by atoms with Gasteiger partial charge in [0.15, 0.2) is 0 Å². The smallest absolute Gasteiger partial charge is 0.261 e. The summed E-state index contributed by atoms with van der Waals surface area (Å²) in [6.07, 6.45) is 3.93. The van der Waals surface area contributed by atoms with Crippen molar-refractivity contribution in [1.82, 2.24) is 14.7 Å². The van der Waals surface area contributed by atoms with Gasteiger partial charge in [-0.1, -0.05) is 30.3 Å². The lowest BCUT2D eigenvalue weighted by molar-refractivity contribution is 0.0651. The number of carbonyl (C=O) groups excluding carboxylic acids is 3. The third-order valence-electron chi connectivity index (χ3n) is 6.94. The fraction of sp³-hybridized carbons (Fsp3) is 0.250. The minimum Gasteiger partial charge on any atom is -0.322 e. The Morgan fingerprint density at radius 2 is 1.60 bits per heavy atom. The van der Waals surface area contributed by atoms with E-state index in [1.165, 1.54) is 28.8 Å². The molecular formula is C32H31FN4O3. The molecule has 1 N–H and O–H groups in total. The lowest BCUT2D eigenvalue weighted by atomic mass is 10.0. The molecule has 0 saturated heterocycles. The molecule has 5 rings (SSSR count). The first-order chi connectivity index (χ1) is 19.1. The van der Waals surface area contributed by atoms with Gasteiger partial charge in [-0.05, 0) is 88.1 Å². The number of anilines is 1. The van der Waals surface area contributed by atoms with Gasteiger partial charge in [0.05, 0.1) is 34.1 Å². The van der Waals surface area contributed by atoms with Gasteiger partial charge in [0, 0.05) is 17.8 Å². The van der Waals surface area contributed by atoms with Gasteiger partial charge in [0.2, 0.25) is 0 Å². The Hall–Kier alpha value is -4.59. The molecule has 0 atom stereocenters. The van der Waals surface area contributed by atoms with Gasteiger partial charge in [-0.3, -0.25) is 24.0 Å². The quantitative estimate of drug-likeness (QED) is 0.210. The van der Waals surface area contributed by atoms with Gasteiger partial charge in [-0.15, -0.1) is 0 Å². The van der Waals surface area contributed by atoms with E-state index in [4.69, 9.17) is 0 Å². The van der Waals surface area contributed by atoms with E-state index in [1.807, 2.05) is 39.0 Å². The lowest BCUT2D eigenvalue weighted by Crippen LogP contribution is -2.30. The van der Waals surface area contributed by atoms with E-state index in [0.717, 1.165) is 12.8 Å². The Bertz CT molecular complexity index is 1570.